The van der Waals surface area contributed by atoms with Crippen molar-refractivity contribution in [3.63, 3.8) is 0 Å². The van der Waals surface area contributed by atoms with Crippen molar-refractivity contribution in [1.82, 2.24) is 15.1 Å². The van der Waals surface area contributed by atoms with Crippen LogP contribution in [0.2, 0.25) is 0 Å². The van der Waals surface area contributed by atoms with Gasteiger partial charge in [-0.25, -0.2) is 4.98 Å². The monoisotopic (exact) mass is 316 g/mol. The second-order valence-corrected chi connectivity index (χ2v) is 6.10. The Morgan fingerprint density at radius 1 is 1.45 bits per heavy atom. The molecule has 0 aliphatic heterocycles. The van der Waals surface area contributed by atoms with Crippen LogP contribution in [0.15, 0.2) is 28.2 Å². The average molecular weight is 316 g/mol. The smallest absolute Gasteiger partial charge is 0.262 e. The van der Waals surface area contributed by atoms with E-state index < -0.39 is 0 Å². The van der Waals surface area contributed by atoms with Crippen LogP contribution in [0, 0.1) is 6.92 Å². The van der Waals surface area contributed by atoms with Gasteiger partial charge in [0.25, 0.3) is 5.91 Å². The lowest BCUT2D eigenvalue weighted by molar-refractivity contribution is 0.102. The quantitative estimate of drug-likeness (QED) is 0.766. The standard InChI is InChI=1S/C15H16N4O2S/c1-8(2)13-12(9(3)19-21-13)14(20)18-15-17-11(7-22-15)10-5-4-6-16-10/h4-8,16H,1-3H3,(H,17,18,20). The van der Waals surface area contributed by atoms with Crippen molar-refractivity contribution in [3.8, 4) is 11.4 Å². The molecule has 0 saturated heterocycles. The summed E-state index contributed by atoms with van der Waals surface area (Å²) in [4.78, 5) is 20.0. The molecule has 0 bridgehead atoms. The summed E-state index contributed by atoms with van der Waals surface area (Å²) in [6.45, 7) is 5.68. The summed E-state index contributed by atoms with van der Waals surface area (Å²) in [5, 5.41) is 9.15. The summed E-state index contributed by atoms with van der Waals surface area (Å²) in [5.74, 6) is 0.443. The highest BCUT2D eigenvalue weighted by molar-refractivity contribution is 7.14. The van der Waals surface area contributed by atoms with E-state index in [1.807, 2.05) is 37.6 Å². The maximum Gasteiger partial charge on any atom is 0.262 e. The van der Waals surface area contributed by atoms with Gasteiger partial charge in [-0.1, -0.05) is 19.0 Å². The summed E-state index contributed by atoms with van der Waals surface area (Å²) in [6, 6.07) is 3.84. The van der Waals surface area contributed by atoms with Gasteiger partial charge in [0.1, 0.15) is 5.56 Å². The zero-order chi connectivity index (χ0) is 15.7. The van der Waals surface area contributed by atoms with E-state index >= 15 is 0 Å². The number of rotatable bonds is 4. The Balaban J connectivity index is 1.82. The van der Waals surface area contributed by atoms with E-state index in [2.05, 4.69) is 20.4 Å². The van der Waals surface area contributed by atoms with E-state index in [0.29, 0.717) is 22.1 Å². The molecule has 2 N–H and O–H groups in total. The highest BCUT2D eigenvalue weighted by atomic mass is 32.1. The highest BCUT2D eigenvalue weighted by Gasteiger charge is 2.23. The van der Waals surface area contributed by atoms with Gasteiger partial charge in [0.15, 0.2) is 10.9 Å². The molecule has 0 spiro atoms. The molecule has 0 unspecified atom stereocenters. The van der Waals surface area contributed by atoms with Crippen molar-refractivity contribution >= 4 is 22.4 Å². The van der Waals surface area contributed by atoms with Gasteiger partial charge >= 0.3 is 0 Å². The van der Waals surface area contributed by atoms with Gasteiger partial charge in [-0.2, -0.15) is 0 Å². The fourth-order valence-corrected chi connectivity index (χ4v) is 2.87. The number of thiazole rings is 1. The summed E-state index contributed by atoms with van der Waals surface area (Å²) in [7, 11) is 0. The Kier molecular flexibility index (Phi) is 3.81. The fraction of sp³-hybridized carbons (Fsp3) is 0.267. The third-order valence-electron chi connectivity index (χ3n) is 3.24. The minimum absolute atomic E-state index is 0.0905. The van der Waals surface area contributed by atoms with Crippen LogP contribution in [0.25, 0.3) is 11.4 Å². The molecule has 22 heavy (non-hydrogen) atoms. The fourth-order valence-electron chi connectivity index (χ4n) is 2.16. The Labute approximate surface area is 131 Å². The number of H-pyrrole nitrogens is 1. The summed E-state index contributed by atoms with van der Waals surface area (Å²) < 4.78 is 5.25. The molecule has 3 aromatic rings. The number of hydrogen-bond donors (Lipinski definition) is 2. The molecule has 0 aliphatic rings. The van der Waals surface area contributed by atoms with E-state index in [4.69, 9.17) is 4.52 Å². The van der Waals surface area contributed by atoms with Crippen molar-refractivity contribution < 1.29 is 9.32 Å². The van der Waals surface area contributed by atoms with Crippen LogP contribution in [-0.2, 0) is 0 Å². The summed E-state index contributed by atoms with van der Waals surface area (Å²) >= 11 is 1.38. The molecule has 3 aromatic heterocycles. The van der Waals surface area contributed by atoms with Crippen molar-refractivity contribution in [1.29, 1.82) is 0 Å². The van der Waals surface area contributed by atoms with Crippen LogP contribution in [0.5, 0.6) is 0 Å². The Morgan fingerprint density at radius 2 is 2.27 bits per heavy atom. The maximum absolute atomic E-state index is 12.5. The van der Waals surface area contributed by atoms with Crippen molar-refractivity contribution in [3.05, 3.63) is 40.7 Å². The lowest BCUT2D eigenvalue weighted by Gasteiger charge is -2.04. The molecular weight excluding hydrogens is 300 g/mol. The number of nitrogens with one attached hydrogen (secondary N) is 2. The second kappa shape index (κ2) is 5.76. The minimum atomic E-state index is -0.241. The molecule has 6 nitrogen and oxygen atoms in total. The normalized spacial score (nSPS) is 11.1. The van der Waals surface area contributed by atoms with Gasteiger partial charge in [-0.05, 0) is 19.1 Å². The molecule has 0 radical (unpaired) electrons. The number of aromatic nitrogens is 3. The van der Waals surface area contributed by atoms with Crippen molar-refractivity contribution in [2.75, 3.05) is 5.32 Å². The Hall–Kier alpha value is -2.41. The number of aryl methyl sites for hydroxylation is 1. The number of aromatic amines is 1. The highest BCUT2D eigenvalue weighted by Crippen LogP contribution is 2.26. The number of nitrogens with zero attached hydrogens (tertiary/aromatic N) is 2. The van der Waals surface area contributed by atoms with Gasteiger partial charge < -0.3 is 9.51 Å². The largest absolute Gasteiger partial charge is 0.360 e. The number of hydrogen-bond acceptors (Lipinski definition) is 5. The summed E-state index contributed by atoms with van der Waals surface area (Å²) in [5.41, 5.74) is 2.80. The molecule has 1 amide bonds. The average Bonchev–Trinajstić information content (AvgIpc) is 3.16. The molecular formula is C15H16N4O2S. The van der Waals surface area contributed by atoms with Gasteiger partial charge in [-0.15, -0.1) is 11.3 Å². The molecule has 0 saturated carbocycles. The molecule has 3 heterocycles. The van der Waals surface area contributed by atoms with Gasteiger partial charge in [0.05, 0.1) is 17.1 Å². The molecule has 0 aliphatic carbocycles. The number of anilines is 1. The molecule has 0 aromatic carbocycles. The minimum Gasteiger partial charge on any atom is -0.360 e. The Morgan fingerprint density at radius 3 is 2.95 bits per heavy atom. The SMILES string of the molecule is Cc1noc(C(C)C)c1C(=O)Nc1nc(-c2ccc[nH]2)cs1. The first-order chi connectivity index (χ1) is 10.6. The van der Waals surface area contributed by atoms with E-state index in [9.17, 15) is 4.79 Å². The first kappa shape index (κ1) is 14.5. The summed E-state index contributed by atoms with van der Waals surface area (Å²) in [6.07, 6.45) is 1.84. The van der Waals surface area contributed by atoms with E-state index in [1.54, 1.807) is 6.92 Å². The lowest BCUT2D eigenvalue weighted by atomic mass is 10.0. The molecule has 0 fully saturated rings. The van der Waals surface area contributed by atoms with Gasteiger partial charge in [0.2, 0.25) is 0 Å². The molecule has 3 rings (SSSR count). The van der Waals surface area contributed by atoms with Crippen molar-refractivity contribution in [2.45, 2.75) is 26.7 Å². The van der Waals surface area contributed by atoms with Crippen LogP contribution in [0.3, 0.4) is 0 Å². The topological polar surface area (TPSA) is 83.8 Å². The van der Waals surface area contributed by atoms with Gasteiger partial charge in [0, 0.05) is 17.5 Å². The van der Waals surface area contributed by atoms with E-state index in [1.165, 1.54) is 11.3 Å². The van der Waals surface area contributed by atoms with E-state index in [0.717, 1.165) is 11.4 Å². The van der Waals surface area contributed by atoms with Crippen LogP contribution in [-0.4, -0.2) is 21.0 Å². The first-order valence-electron chi connectivity index (χ1n) is 6.93. The molecule has 0 atom stereocenters. The zero-order valence-corrected chi connectivity index (χ0v) is 13.3. The van der Waals surface area contributed by atoms with Crippen molar-refractivity contribution in [2.24, 2.45) is 0 Å². The second-order valence-electron chi connectivity index (χ2n) is 5.24. The van der Waals surface area contributed by atoms with Crippen LogP contribution >= 0.6 is 11.3 Å². The van der Waals surface area contributed by atoms with Crippen LogP contribution in [0.1, 0.15) is 41.6 Å². The molecule has 114 valence electrons. The third kappa shape index (κ3) is 2.67. The van der Waals surface area contributed by atoms with E-state index in [-0.39, 0.29) is 11.8 Å². The van der Waals surface area contributed by atoms with Gasteiger partial charge in [-0.3, -0.25) is 10.1 Å². The predicted molar refractivity (Wildman–Crippen MR) is 85.2 cm³/mol. The Bertz CT molecular complexity index is 786. The zero-order valence-electron chi connectivity index (χ0n) is 12.5. The number of carbonyl (C=O) groups is 1. The lowest BCUT2D eigenvalue weighted by Crippen LogP contribution is -2.14. The molecule has 7 heteroatoms. The third-order valence-corrected chi connectivity index (χ3v) is 4.00. The van der Waals surface area contributed by atoms with Crippen LogP contribution in [0.4, 0.5) is 5.13 Å². The first-order valence-corrected chi connectivity index (χ1v) is 7.81. The number of amides is 1. The maximum atomic E-state index is 12.5. The van der Waals surface area contributed by atoms with Crippen LogP contribution < -0.4 is 5.32 Å². The number of carbonyl (C=O) groups excluding carboxylic acids is 1. The predicted octanol–water partition coefficient (Wildman–Crippen LogP) is 3.81.